The van der Waals surface area contributed by atoms with Crippen LogP contribution in [0.1, 0.15) is 47.5 Å². The molecule has 0 bridgehead atoms. The highest BCUT2D eigenvalue weighted by Gasteiger charge is 2.16. The number of aromatic nitrogens is 2. The van der Waals surface area contributed by atoms with Crippen LogP contribution in [0, 0.1) is 40.5 Å². The van der Waals surface area contributed by atoms with Crippen LogP contribution >= 0.6 is 0 Å². The number of hydrogen-bond donors (Lipinski definition) is 1. The number of rotatable bonds is 5. The highest BCUT2D eigenvalue weighted by molar-refractivity contribution is 5.94. The molecule has 0 unspecified atom stereocenters. The van der Waals surface area contributed by atoms with E-state index in [0.29, 0.717) is 12.3 Å². The van der Waals surface area contributed by atoms with Crippen molar-refractivity contribution in [2.24, 2.45) is 5.92 Å². The van der Waals surface area contributed by atoms with Crippen LogP contribution in [-0.2, 0) is 17.8 Å². The van der Waals surface area contributed by atoms with Gasteiger partial charge in [-0.15, -0.1) is 0 Å². The average Bonchev–Trinajstić information content (AvgIpc) is 2.70. The first-order valence-corrected chi connectivity index (χ1v) is 8.59. The lowest BCUT2D eigenvalue weighted by atomic mass is 10.0. The first kappa shape index (κ1) is 18.2. The Balaban J connectivity index is 2.18. The lowest BCUT2D eigenvalue weighted by molar-refractivity contribution is -0.115. The molecule has 0 aliphatic rings. The fourth-order valence-corrected chi connectivity index (χ4v) is 3.23. The number of nitrogens with zero attached hydrogens (tertiary/aromatic N) is 2. The number of aryl methyl sites for hydroxylation is 4. The second-order valence-electron chi connectivity index (χ2n) is 7.22. The van der Waals surface area contributed by atoms with Crippen LogP contribution in [0.2, 0.25) is 0 Å². The molecule has 0 fully saturated rings. The Morgan fingerprint density at radius 3 is 2.25 bits per heavy atom. The van der Waals surface area contributed by atoms with Crippen LogP contribution in [0.15, 0.2) is 12.1 Å². The lowest BCUT2D eigenvalue weighted by Crippen LogP contribution is -2.17. The molecule has 0 atom stereocenters. The summed E-state index contributed by atoms with van der Waals surface area (Å²) in [7, 11) is 0. The third-order valence-corrected chi connectivity index (χ3v) is 4.35. The third-order valence-electron chi connectivity index (χ3n) is 4.35. The van der Waals surface area contributed by atoms with Crippen molar-refractivity contribution in [2.45, 2.75) is 61.4 Å². The van der Waals surface area contributed by atoms with Gasteiger partial charge >= 0.3 is 0 Å². The maximum atomic E-state index is 12.6. The number of carbonyl (C=O) groups is 1. The van der Waals surface area contributed by atoms with Gasteiger partial charge in [0.1, 0.15) is 0 Å². The SMILES string of the molecule is Cc1cc(C)c(NC(=O)Cc2c(C)nn(CC(C)C)c2C)c(C)c1. The van der Waals surface area contributed by atoms with E-state index in [-0.39, 0.29) is 5.91 Å². The molecule has 1 heterocycles. The molecular formula is C20H29N3O. The van der Waals surface area contributed by atoms with Crippen molar-refractivity contribution >= 4 is 11.6 Å². The van der Waals surface area contributed by atoms with Crippen LogP contribution in [0.4, 0.5) is 5.69 Å². The fraction of sp³-hybridized carbons (Fsp3) is 0.500. The van der Waals surface area contributed by atoms with Gasteiger partial charge in [-0.05, 0) is 51.7 Å². The summed E-state index contributed by atoms with van der Waals surface area (Å²) in [6, 6.07) is 4.19. The third kappa shape index (κ3) is 4.05. The molecule has 0 radical (unpaired) electrons. The minimum atomic E-state index is 0.0142. The van der Waals surface area contributed by atoms with Crippen molar-refractivity contribution in [3.63, 3.8) is 0 Å². The van der Waals surface area contributed by atoms with E-state index in [9.17, 15) is 4.79 Å². The molecule has 24 heavy (non-hydrogen) atoms. The van der Waals surface area contributed by atoms with Crippen LogP contribution in [0.25, 0.3) is 0 Å². The number of hydrogen-bond acceptors (Lipinski definition) is 2. The maximum Gasteiger partial charge on any atom is 0.228 e. The molecule has 4 nitrogen and oxygen atoms in total. The lowest BCUT2D eigenvalue weighted by Gasteiger charge is -2.13. The standard InChI is InChI=1S/C20H29N3O/c1-12(2)11-23-17(7)18(16(6)22-23)10-19(24)21-20-14(4)8-13(3)9-15(20)5/h8-9,12H,10-11H2,1-7H3,(H,21,24). The van der Waals surface area contributed by atoms with Gasteiger partial charge in [-0.3, -0.25) is 9.48 Å². The zero-order valence-electron chi connectivity index (χ0n) is 15.9. The summed E-state index contributed by atoms with van der Waals surface area (Å²) in [5.74, 6) is 0.544. The second-order valence-corrected chi connectivity index (χ2v) is 7.22. The first-order valence-electron chi connectivity index (χ1n) is 8.59. The molecule has 130 valence electrons. The number of carbonyl (C=O) groups excluding carboxylic acids is 1. The Bertz CT molecular complexity index is 733. The van der Waals surface area contributed by atoms with E-state index in [4.69, 9.17) is 0 Å². The molecule has 1 aromatic heterocycles. The van der Waals surface area contributed by atoms with E-state index in [2.05, 4.69) is 43.3 Å². The summed E-state index contributed by atoms with van der Waals surface area (Å²) in [5, 5.41) is 7.68. The smallest absolute Gasteiger partial charge is 0.228 e. The quantitative estimate of drug-likeness (QED) is 0.892. The molecule has 2 rings (SSSR count). The van der Waals surface area contributed by atoms with Crippen molar-refractivity contribution < 1.29 is 4.79 Å². The summed E-state index contributed by atoms with van der Waals surface area (Å²) in [6.07, 6.45) is 0.364. The van der Waals surface area contributed by atoms with Crippen LogP contribution < -0.4 is 5.32 Å². The summed E-state index contributed by atoms with van der Waals surface area (Å²) >= 11 is 0. The molecule has 0 aliphatic carbocycles. The van der Waals surface area contributed by atoms with Crippen molar-refractivity contribution in [1.29, 1.82) is 0 Å². The van der Waals surface area contributed by atoms with Gasteiger partial charge < -0.3 is 5.32 Å². The van der Waals surface area contributed by atoms with Gasteiger partial charge in [0.15, 0.2) is 0 Å². The van der Waals surface area contributed by atoms with Crippen LogP contribution in [0.3, 0.4) is 0 Å². The second kappa shape index (κ2) is 7.20. The average molecular weight is 327 g/mol. The van der Waals surface area contributed by atoms with Gasteiger partial charge in [0.05, 0.1) is 12.1 Å². The molecule has 0 saturated carbocycles. The summed E-state index contributed by atoms with van der Waals surface area (Å²) in [6.45, 7) is 15.4. The zero-order chi connectivity index (χ0) is 18.0. The van der Waals surface area contributed by atoms with E-state index in [1.807, 2.05) is 32.4 Å². The monoisotopic (exact) mass is 327 g/mol. The van der Waals surface area contributed by atoms with Gasteiger partial charge in [0.2, 0.25) is 5.91 Å². The molecule has 1 N–H and O–H groups in total. The van der Waals surface area contributed by atoms with E-state index in [1.54, 1.807) is 0 Å². The van der Waals surface area contributed by atoms with E-state index in [1.165, 1.54) is 5.56 Å². The molecule has 0 saturated heterocycles. The molecule has 1 aromatic carbocycles. The summed E-state index contributed by atoms with van der Waals surface area (Å²) < 4.78 is 2.02. The number of amides is 1. The topological polar surface area (TPSA) is 46.9 Å². The van der Waals surface area contributed by atoms with Crippen molar-refractivity contribution in [3.05, 3.63) is 45.8 Å². The molecule has 0 spiro atoms. The van der Waals surface area contributed by atoms with Gasteiger partial charge in [0.25, 0.3) is 0 Å². The predicted molar refractivity (Wildman–Crippen MR) is 99.5 cm³/mol. The highest BCUT2D eigenvalue weighted by Crippen LogP contribution is 2.23. The van der Waals surface area contributed by atoms with Crippen LogP contribution in [-0.4, -0.2) is 15.7 Å². The first-order chi connectivity index (χ1) is 11.2. The summed E-state index contributed by atoms with van der Waals surface area (Å²) in [5.41, 5.74) is 7.42. The molecule has 1 amide bonds. The minimum absolute atomic E-state index is 0.0142. The highest BCUT2D eigenvalue weighted by atomic mass is 16.1. The van der Waals surface area contributed by atoms with Gasteiger partial charge in [-0.25, -0.2) is 0 Å². The Kier molecular flexibility index (Phi) is 5.47. The molecular weight excluding hydrogens is 298 g/mol. The van der Waals surface area contributed by atoms with Crippen molar-refractivity contribution in [3.8, 4) is 0 Å². The van der Waals surface area contributed by atoms with Crippen molar-refractivity contribution in [1.82, 2.24) is 9.78 Å². The molecule has 0 aliphatic heterocycles. The molecule has 4 heteroatoms. The van der Waals surface area contributed by atoms with E-state index >= 15 is 0 Å². The largest absolute Gasteiger partial charge is 0.325 e. The number of benzene rings is 1. The molecule has 2 aromatic rings. The Morgan fingerprint density at radius 1 is 1.12 bits per heavy atom. The van der Waals surface area contributed by atoms with Crippen molar-refractivity contribution in [2.75, 3.05) is 5.32 Å². The van der Waals surface area contributed by atoms with E-state index < -0.39 is 0 Å². The number of anilines is 1. The minimum Gasteiger partial charge on any atom is -0.325 e. The normalized spacial score (nSPS) is 11.2. The Morgan fingerprint density at radius 2 is 1.71 bits per heavy atom. The van der Waals surface area contributed by atoms with E-state index in [0.717, 1.165) is 40.3 Å². The van der Waals surface area contributed by atoms with Crippen LogP contribution in [0.5, 0.6) is 0 Å². The Hall–Kier alpha value is -2.10. The predicted octanol–water partition coefficient (Wildman–Crippen LogP) is 4.26. The number of nitrogens with one attached hydrogen (secondary N) is 1. The van der Waals surface area contributed by atoms with Gasteiger partial charge in [-0.1, -0.05) is 31.5 Å². The summed E-state index contributed by atoms with van der Waals surface area (Å²) in [4.78, 5) is 12.6. The Labute approximate surface area is 145 Å². The van der Waals surface area contributed by atoms with Gasteiger partial charge in [0, 0.05) is 23.5 Å². The van der Waals surface area contributed by atoms with Gasteiger partial charge in [-0.2, -0.15) is 5.10 Å². The zero-order valence-corrected chi connectivity index (χ0v) is 15.9. The fourth-order valence-electron chi connectivity index (χ4n) is 3.23. The maximum absolute atomic E-state index is 12.6.